The normalized spacial score (nSPS) is 20.4. The summed E-state index contributed by atoms with van der Waals surface area (Å²) in [7, 11) is 0. The van der Waals surface area contributed by atoms with Crippen LogP contribution in [0.5, 0.6) is 0 Å². The van der Waals surface area contributed by atoms with Crippen LogP contribution in [-0.2, 0) is 19.4 Å². The van der Waals surface area contributed by atoms with E-state index in [1.807, 2.05) is 41.7 Å². The van der Waals surface area contributed by atoms with Gasteiger partial charge < -0.3 is 10.2 Å². The Morgan fingerprint density at radius 3 is 2.76 bits per heavy atom. The molecule has 1 fully saturated rings. The van der Waals surface area contributed by atoms with Crippen LogP contribution in [-0.4, -0.2) is 19.0 Å². The highest BCUT2D eigenvalue weighted by molar-refractivity contribution is 7.16. The number of carbonyl (C=O) groups is 1. The number of hydrogen-bond acceptors (Lipinski definition) is 2. The molecule has 0 radical (unpaired) electrons. The number of amides is 1. The van der Waals surface area contributed by atoms with E-state index in [1.54, 1.807) is 10.5 Å². The van der Waals surface area contributed by atoms with Crippen LogP contribution in [0.3, 0.4) is 0 Å². The van der Waals surface area contributed by atoms with Crippen molar-refractivity contribution in [2.24, 2.45) is 5.92 Å². The number of rotatable bonds is 4. The molecule has 1 aliphatic heterocycles. The van der Waals surface area contributed by atoms with Crippen LogP contribution in [0.25, 0.3) is 0 Å². The van der Waals surface area contributed by atoms with E-state index in [4.69, 9.17) is 0 Å². The molecule has 1 aliphatic carbocycles. The molecule has 3 nitrogen and oxygen atoms in total. The zero-order chi connectivity index (χ0) is 17.2. The first-order chi connectivity index (χ1) is 12.2. The van der Waals surface area contributed by atoms with Gasteiger partial charge in [-0.1, -0.05) is 25.1 Å². The van der Waals surface area contributed by atoms with E-state index >= 15 is 0 Å². The molecule has 0 spiro atoms. The molecule has 2 aliphatic rings. The minimum atomic E-state index is 0.0184. The number of thiophene rings is 1. The second-order valence-electron chi connectivity index (χ2n) is 7.61. The number of quaternary nitrogens is 1. The van der Waals surface area contributed by atoms with Gasteiger partial charge in [-0.3, -0.25) is 4.79 Å². The Kier molecular flexibility index (Phi) is 4.91. The fourth-order valence-electron chi connectivity index (χ4n) is 4.17. The number of carbonyl (C=O) groups excluding carboxylic acids is 1. The Hall–Kier alpha value is -1.65. The van der Waals surface area contributed by atoms with Crippen molar-refractivity contribution in [2.75, 3.05) is 18.4 Å². The van der Waals surface area contributed by atoms with E-state index in [0.29, 0.717) is 0 Å². The molecule has 1 aromatic carbocycles. The maximum Gasteiger partial charge on any atom is 0.256 e. The monoisotopic (exact) mass is 355 g/mol. The molecule has 1 aromatic heterocycles. The summed E-state index contributed by atoms with van der Waals surface area (Å²) in [6.45, 7) is 5.96. The average molecular weight is 356 g/mol. The molecule has 1 atom stereocenters. The van der Waals surface area contributed by atoms with Gasteiger partial charge in [0.1, 0.15) is 11.5 Å². The predicted molar refractivity (Wildman–Crippen MR) is 104 cm³/mol. The molecule has 4 rings (SSSR count). The van der Waals surface area contributed by atoms with Gasteiger partial charge in [0.2, 0.25) is 0 Å². The highest BCUT2D eigenvalue weighted by Gasteiger charge is 2.28. The van der Waals surface area contributed by atoms with Crippen molar-refractivity contribution in [3.63, 3.8) is 0 Å². The van der Waals surface area contributed by atoms with E-state index in [2.05, 4.69) is 12.2 Å². The Morgan fingerprint density at radius 1 is 1.24 bits per heavy atom. The second-order valence-corrected chi connectivity index (χ2v) is 8.72. The van der Waals surface area contributed by atoms with Crippen molar-refractivity contribution >= 4 is 22.2 Å². The van der Waals surface area contributed by atoms with E-state index in [9.17, 15) is 4.79 Å². The lowest BCUT2D eigenvalue weighted by molar-refractivity contribution is -0.901. The molecule has 25 heavy (non-hydrogen) atoms. The quantitative estimate of drug-likeness (QED) is 0.867. The van der Waals surface area contributed by atoms with E-state index in [-0.39, 0.29) is 5.91 Å². The fourth-order valence-corrected chi connectivity index (χ4v) is 5.60. The molecule has 0 bridgehead atoms. The van der Waals surface area contributed by atoms with Gasteiger partial charge in [0.25, 0.3) is 5.91 Å². The summed E-state index contributed by atoms with van der Waals surface area (Å²) in [6, 6.07) is 9.56. The summed E-state index contributed by atoms with van der Waals surface area (Å²) in [5.41, 5.74) is 3.71. The third-order valence-electron chi connectivity index (χ3n) is 5.62. The summed E-state index contributed by atoms with van der Waals surface area (Å²) < 4.78 is 0. The zero-order valence-corrected chi connectivity index (χ0v) is 15.8. The molecule has 4 heteroatoms. The average Bonchev–Trinajstić information content (AvgIpc) is 3.24. The van der Waals surface area contributed by atoms with Crippen molar-refractivity contribution in [1.82, 2.24) is 0 Å². The highest BCUT2D eigenvalue weighted by Crippen LogP contribution is 2.39. The van der Waals surface area contributed by atoms with E-state index in [1.165, 1.54) is 55.6 Å². The van der Waals surface area contributed by atoms with Gasteiger partial charge in [0.15, 0.2) is 0 Å². The number of benzene rings is 1. The van der Waals surface area contributed by atoms with Crippen LogP contribution in [0.4, 0.5) is 5.00 Å². The Morgan fingerprint density at radius 2 is 2.00 bits per heavy atom. The molecule has 132 valence electrons. The molecule has 2 aromatic rings. The molecule has 1 saturated heterocycles. The standard InChI is InChI=1S/C21H26N2OS/c1-15-9-10-17-18(14-23-11-5-6-12-23)21(25-19(17)13-15)22-20(24)16-7-3-2-4-8-16/h2-4,7-8,15H,5-6,9-14H2,1H3,(H,22,24)/p+1/t15-/m0/s1. The SMILES string of the molecule is C[C@H]1CCc2c(sc(NC(=O)c3ccccc3)c2C[NH+]2CCCC2)C1. The summed E-state index contributed by atoms with van der Waals surface area (Å²) in [5, 5.41) is 4.34. The minimum absolute atomic E-state index is 0.0184. The van der Waals surface area contributed by atoms with Gasteiger partial charge in [-0.15, -0.1) is 11.3 Å². The zero-order valence-electron chi connectivity index (χ0n) is 14.9. The van der Waals surface area contributed by atoms with Crippen LogP contribution in [0, 0.1) is 5.92 Å². The van der Waals surface area contributed by atoms with Crippen LogP contribution in [0.1, 0.15) is 52.5 Å². The van der Waals surface area contributed by atoms with Crippen molar-refractivity contribution in [2.45, 2.75) is 45.6 Å². The molecular formula is C21H27N2OS+. The van der Waals surface area contributed by atoms with Gasteiger partial charge >= 0.3 is 0 Å². The van der Waals surface area contributed by atoms with Gasteiger partial charge in [0, 0.05) is 28.8 Å². The lowest BCUT2D eigenvalue weighted by Crippen LogP contribution is -3.08. The summed E-state index contributed by atoms with van der Waals surface area (Å²) in [5.74, 6) is 0.778. The third kappa shape index (κ3) is 3.65. The van der Waals surface area contributed by atoms with Crippen LogP contribution < -0.4 is 10.2 Å². The highest BCUT2D eigenvalue weighted by atomic mass is 32.1. The first-order valence-electron chi connectivity index (χ1n) is 9.54. The third-order valence-corrected chi connectivity index (χ3v) is 6.83. The molecular weight excluding hydrogens is 328 g/mol. The molecule has 2 N–H and O–H groups in total. The number of fused-ring (bicyclic) bond motifs is 1. The van der Waals surface area contributed by atoms with Crippen LogP contribution >= 0.6 is 11.3 Å². The number of nitrogens with one attached hydrogen (secondary N) is 2. The number of anilines is 1. The van der Waals surface area contributed by atoms with Crippen molar-refractivity contribution < 1.29 is 9.69 Å². The second kappa shape index (κ2) is 7.30. The molecule has 1 amide bonds. The first-order valence-corrected chi connectivity index (χ1v) is 10.4. The predicted octanol–water partition coefficient (Wildman–Crippen LogP) is 3.30. The van der Waals surface area contributed by atoms with Gasteiger partial charge in [0.05, 0.1) is 13.1 Å². The Balaban J connectivity index is 1.62. The topological polar surface area (TPSA) is 33.5 Å². The summed E-state index contributed by atoms with van der Waals surface area (Å²) >= 11 is 1.83. The van der Waals surface area contributed by atoms with Crippen LogP contribution in [0.15, 0.2) is 30.3 Å². The molecule has 2 heterocycles. The maximum atomic E-state index is 12.7. The Labute approximate surface area is 154 Å². The summed E-state index contributed by atoms with van der Waals surface area (Å²) in [6.07, 6.45) is 6.30. The fraction of sp³-hybridized carbons (Fsp3) is 0.476. The lowest BCUT2D eigenvalue weighted by atomic mass is 9.88. The number of likely N-dealkylation sites (tertiary alicyclic amines) is 1. The summed E-state index contributed by atoms with van der Waals surface area (Å²) in [4.78, 5) is 15.9. The largest absolute Gasteiger partial charge is 0.331 e. The van der Waals surface area contributed by atoms with Gasteiger partial charge in [-0.25, -0.2) is 0 Å². The van der Waals surface area contributed by atoms with Gasteiger partial charge in [-0.05, 0) is 42.9 Å². The molecule has 0 unspecified atom stereocenters. The van der Waals surface area contributed by atoms with Crippen molar-refractivity contribution in [3.8, 4) is 0 Å². The van der Waals surface area contributed by atoms with E-state index < -0.39 is 0 Å². The van der Waals surface area contributed by atoms with E-state index in [0.717, 1.165) is 23.0 Å². The minimum Gasteiger partial charge on any atom is -0.331 e. The van der Waals surface area contributed by atoms with Crippen molar-refractivity contribution in [1.29, 1.82) is 0 Å². The van der Waals surface area contributed by atoms with Gasteiger partial charge in [-0.2, -0.15) is 0 Å². The van der Waals surface area contributed by atoms with Crippen LogP contribution in [0.2, 0.25) is 0 Å². The first kappa shape index (κ1) is 16.8. The lowest BCUT2D eigenvalue weighted by Gasteiger charge is -2.20. The molecule has 0 saturated carbocycles. The Bertz CT molecular complexity index is 747. The van der Waals surface area contributed by atoms with Crippen molar-refractivity contribution in [3.05, 3.63) is 51.9 Å². The maximum absolute atomic E-state index is 12.7. The smallest absolute Gasteiger partial charge is 0.256 e. The number of hydrogen-bond donors (Lipinski definition) is 2.